The molecular formula is C20H21N5O2. The molecule has 2 aromatic carbocycles. The number of aromatic nitrogens is 3. The molecule has 7 heteroatoms. The summed E-state index contributed by atoms with van der Waals surface area (Å²) in [4.78, 5) is 23.9. The zero-order valence-corrected chi connectivity index (χ0v) is 15.4. The van der Waals surface area contributed by atoms with Crippen molar-refractivity contribution in [2.75, 3.05) is 5.32 Å². The van der Waals surface area contributed by atoms with Crippen LogP contribution in [0.25, 0.3) is 5.69 Å². The fourth-order valence-corrected chi connectivity index (χ4v) is 2.58. The molecule has 0 atom stereocenters. The number of amides is 2. The van der Waals surface area contributed by atoms with Gasteiger partial charge in [-0.15, -0.1) is 5.10 Å². The second-order valence-electron chi connectivity index (χ2n) is 6.73. The summed E-state index contributed by atoms with van der Waals surface area (Å²) in [6.07, 6.45) is 1.78. The van der Waals surface area contributed by atoms with Crippen molar-refractivity contribution >= 4 is 17.5 Å². The average Bonchev–Trinajstić information content (AvgIpc) is 3.13. The molecule has 0 aliphatic carbocycles. The first-order chi connectivity index (χ1) is 12.8. The van der Waals surface area contributed by atoms with Gasteiger partial charge in [0, 0.05) is 11.3 Å². The Labute approximate surface area is 157 Å². The number of Topliss-reactive ketones (excluding diaryl/α,β-unsaturated/α-hetero) is 1. The van der Waals surface area contributed by atoms with Crippen molar-refractivity contribution in [3.05, 3.63) is 72.1 Å². The number of nitrogens with one attached hydrogen (secondary N) is 2. The Kier molecular flexibility index (Phi) is 5.03. The van der Waals surface area contributed by atoms with Crippen molar-refractivity contribution in [3.63, 3.8) is 0 Å². The van der Waals surface area contributed by atoms with Crippen LogP contribution >= 0.6 is 0 Å². The zero-order chi connectivity index (χ0) is 19.4. The van der Waals surface area contributed by atoms with Crippen LogP contribution in [0.15, 0.2) is 60.8 Å². The number of benzene rings is 2. The lowest BCUT2D eigenvalue weighted by Gasteiger charge is -2.23. The Morgan fingerprint density at radius 2 is 1.78 bits per heavy atom. The summed E-state index contributed by atoms with van der Waals surface area (Å²) in [7, 11) is 0. The van der Waals surface area contributed by atoms with Crippen LogP contribution in [-0.4, -0.2) is 26.8 Å². The fraction of sp³-hybridized carbons (Fsp3) is 0.200. The summed E-state index contributed by atoms with van der Waals surface area (Å²) in [5, 5.41) is 13.9. The maximum absolute atomic E-state index is 12.4. The SMILES string of the molecule is CC(=O)c1cccc(NC(=O)NC(C)(C)c2cn(-c3ccccc3)nn2)c1. The molecule has 0 aliphatic heterocycles. The van der Waals surface area contributed by atoms with Gasteiger partial charge in [0.25, 0.3) is 0 Å². The predicted molar refractivity (Wildman–Crippen MR) is 103 cm³/mol. The predicted octanol–water partition coefficient (Wildman–Crippen LogP) is 3.53. The zero-order valence-electron chi connectivity index (χ0n) is 15.4. The van der Waals surface area contributed by atoms with Crippen molar-refractivity contribution in [3.8, 4) is 5.69 Å². The summed E-state index contributed by atoms with van der Waals surface area (Å²) >= 11 is 0. The summed E-state index contributed by atoms with van der Waals surface area (Å²) < 4.78 is 1.66. The normalized spacial score (nSPS) is 11.1. The molecule has 2 N–H and O–H groups in total. The van der Waals surface area contributed by atoms with Gasteiger partial charge in [-0.25, -0.2) is 9.48 Å². The minimum Gasteiger partial charge on any atom is -0.327 e. The summed E-state index contributed by atoms with van der Waals surface area (Å²) in [6.45, 7) is 5.17. The van der Waals surface area contributed by atoms with Gasteiger partial charge in [0.05, 0.1) is 17.4 Å². The molecule has 3 rings (SSSR count). The molecule has 1 aromatic heterocycles. The number of rotatable bonds is 5. The standard InChI is InChI=1S/C20H21N5O2/c1-14(26)15-8-7-9-16(12-15)21-19(27)22-20(2,3)18-13-25(24-23-18)17-10-5-4-6-11-17/h4-13H,1-3H3,(H2,21,22,27). The lowest BCUT2D eigenvalue weighted by atomic mass is 10.0. The molecular weight excluding hydrogens is 342 g/mol. The van der Waals surface area contributed by atoms with Crippen molar-refractivity contribution in [2.24, 2.45) is 0 Å². The van der Waals surface area contributed by atoms with Gasteiger partial charge in [-0.3, -0.25) is 4.79 Å². The highest BCUT2D eigenvalue weighted by Gasteiger charge is 2.26. The lowest BCUT2D eigenvalue weighted by molar-refractivity contribution is 0.101. The number of ketones is 1. The van der Waals surface area contributed by atoms with E-state index in [2.05, 4.69) is 20.9 Å². The smallest absolute Gasteiger partial charge is 0.319 e. The first-order valence-corrected chi connectivity index (χ1v) is 8.53. The van der Waals surface area contributed by atoms with E-state index in [1.807, 2.05) is 44.2 Å². The summed E-state index contributed by atoms with van der Waals surface area (Å²) in [6, 6.07) is 16.0. The van der Waals surface area contributed by atoms with Gasteiger partial charge in [0.15, 0.2) is 5.78 Å². The van der Waals surface area contributed by atoms with Gasteiger partial charge in [0.2, 0.25) is 0 Å². The van der Waals surface area contributed by atoms with Crippen molar-refractivity contribution in [2.45, 2.75) is 26.3 Å². The van der Waals surface area contributed by atoms with E-state index in [9.17, 15) is 9.59 Å². The molecule has 0 unspecified atom stereocenters. The number of anilines is 1. The van der Waals surface area contributed by atoms with Crippen LogP contribution in [0.5, 0.6) is 0 Å². The van der Waals surface area contributed by atoms with Gasteiger partial charge < -0.3 is 10.6 Å². The average molecular weight is 363 g/mol. The van der Waals surface area contributed by atoms with Crippen LogP contribution in [0.2, 0.25) is 0 Å². The van der Waals surface area contributed by atoms with Gasteiger partial charge in [0.1, 0.15) is 5.69 Å². The molecule has 3 aromatic rings. The van der Waals surface area contributed by atoms with Crippen LogP contribution in [0.4, 0.5) is 10.5 Å². The molecule has 0 saturated heterocycles. The Hall–Kier alpha value is -3.48. The Morgan fingerprint density at radius 1 is 1.04 bits per heavy atom. The molecule has 0 fully saturated rings. The van der Waals surface area contributed by atoms with E-state index >= 15 is 0 Å². The van der Waals surface area contributed by atoms with Crippen molar-refractivity contribution in [1.29, 1.82) is 0 Å². The number of carbonyl (C=O) groups excluding carboxylic acids is 2. The molecule has 27 heavy (non-hydrogen) atoms. The lowest BCUT2D eigenvalue weighted by Crippen LogP contribution is -2.43. The third-order valence-electron chi connectivity index (χ3n) is 4.11. The number of carbonyl (C=O) groups is 2. The second-order valence-corrected chi connectivity index (χ2v) is 6.73. The second kappa shape index (κ2) is 7.41. The van der Waals surface area contributed by atoms with Crippen LogP contribution in [0.1, 0.15) is 36.8 Å². The largest absolute Gasteiger partial charge is 0.327 e. The van der Waals surface area contributed by atoms with Gasteiger partial charge in [-0.2, -0.15) is 0 Å². The summed E-state index contributed by atoms with van der Waals surface area (Å²) in [5.74, 6) is -0.0584. The molecule has 0 saturated carbocycles. The van der Waals surface area contributed by atoms with Crippen molar-refractivity contribution in [1.82, 2.24) is 20.3 Å². The maximum Gasteiger partial charge on any atom is 0.319 e. The molecule has 0 radical (unpaired) electrons. The number of nitrogens with zero attached hydrogens (tertiary/aromatic N) is 3. The van der Waals surface area contributed by atoms with E-state index < -0.39 is 11.6 Å². The highest BCUT2D eigenvalue weighted by atomic mass is 16.2. The maximum atomic E-state index is 12.4. The fourth-order valence-electron chi connectivity index (χ4n) is 2.58. The van der Waals surface area contributed by atoms with E-state index in [0.717, 1.165) is 5.69 Å². The molecule has 2 amide bonds. The third kappa shape index (κ3) is 4.38. The number of para-hydroxylation sites is 1. The van der Waals surface area contributed by atoms with Gasteiger partial charge >= 0.3 is 6.03 Å². The van der Waals surface area contributed by atoms with Crippen LogP contribution in [0.3, 0.4) is 0 Å². The van der Waals surface area contributed by atoms with Gasteiger partial charge in [-0.1, -0.05) is 35.5 Å². The van der Waals surface area contributed by atoms with Crippen LogP contribution < -0.4 is 10.6 Å². The van der Waals surface area contributed by atoms with E-state index in [0.29, 0.717) is 16.9 Å². The van der Waals surface area contributed by atoms with Crippen LogP contribution in [0, 0.1) is 0 Å². The first-order valence-electron chi connectivity index (χ1n) is 8.53. The Bertz CT molecular complexity index is 963. The highest BCUT2D eigenvalue weighted by molar-refractivity contribution is 5.96. The van der Waals surface area contributed by atoms with Crippen molar-refractivity contribution < 1.29 is 9.59 Å². The first kappa shape index (κ1) is 18.3. The molecule has 1 heterocycles. The Morgan fingerprint density at radius 3 is 2.48 bits per heavy atom. The highest BCUT2D eigenvalue weighted by Crippen LogP contribution is 2.19. The van der Waals surface area contributed by atoms with Crippen LogP contribution in [-0.2, 0) is 5.54 Å². The monoisotopic (exact) mass is 363 g/mol. The molecule has 7 nitrogen and oxygen atoms in total. The Balaban J connectivity index is 1.71. The number of hydrogen-bond donors (Lipinski definition) is 2. The van der Waals surface area contributed by atoms with E-state index in [4.69, 9.17) is 0 Å². The molecule has 0 spiro atoms. The quantitative estimate of drug-likeness (QED) is 0.679. The molecule has 138 valence electrons. The van der Waals surface area contributed by atoms with E-state index in [-0.39, 0.29) is 5.78 Å². The molecule has 0 aliphatic rings. The third-order valence-corrected chi connectivity index (χ3v) is 4.11. The van der Waals surface area contributed by atoms with Gasteiger partial charge in [-0.05, 0) is 45.0 Å². The van der Waals surface area contributed by atoms with E-state index in [1.165, 1.54) is 6.92 Å². The topological polar surface area (TPSA) is 88.9 Å². The number of hydrogen-bond acceptors (Lipinski definition) is 4. The number of urea groups is 1. The minimum atomic E-state index is -0.741. The van der Waals surface area contributed by atoms with E-state index in [1.54, 1.807) is 35.1 Å². The summed E-state index contributed by atoms with van der Waals surface area (Å²) in [5.41, 5.74) is 1.85. The minimum absolute atomic E-state index is 0.0584. The molecule has 0 bridgehead atoms.